The molecule has 1 aromatic rings. The fraction of sp³-hybridized carbons (Fsp3) is 0.773. The summed E-state index contributed by atoms with van der Waals surface area (Å²) < 4.78 is 8.73. The lowest BCUT2D eigenvalue weighted by Crippen LogP contribution is -2.64. The molecule has 0 aromatic carbocycles. The molecule has 5 rings (SSSR count). The molecule has 2 bridgehead atoms. The number of aromatic nitrogens is 2. The highest BCUT2D eigenvalue weighted by Crippen LogP contribution is 2.55. The van der Waals surface area contributed by atoms with Crippen LogP contribution in [0.1, 0.15) is 58.7 Å². The van der Waals surface area contributed by atoms with E-state index in [-0.39, 0.29) is 17.4 Å². The van der Waals surface area contributed by atoms with Gasteiger partial charge in [-0.3, -0.25) is 9.48 Å². The number of piperazine rings is 1. The van der Waals surface area contributed by atoms with Gasteiger partial charge in [-0.05, 0) is 62.9 Å². The maximum atomic E-state index is 12.2. The van der Waals surface area contributed by atoms with E-state index in [0.29, 0.717) is 18.1 Å². The van der Waals surface area contributed by atoms with Crippen molar-refractivity contribution in [1.82, 2.24) is 19.6 Å². The number of anilines is 1. The fourth-order valence-corrected chi connectivity index (χ4v) is 6.41. The summed E-state index contributed by atoms with van der Waals surface area (Å²) in [6, 6.07) is 1.04. The van der Waals surface area contributed by atoms with E-state index in [0.717, 1.165) is 61.4 Å². The van der Waals surface area contributed by atoms with Crippen LogP contribution >= 0.6 is 15.9 Å². The van der Waals surface area contributed by atoms with E-state index in [9.17, 15) is 9.59 Å². The average Bonchev–Trinajstić information content (AvgIpc) is 3.26. The maximum Gasteiger partial charge on any atom is 0.410 e. The largest absolute Gasteiger partial charge is 0.444 e. The van der Waals surface area contributed by atoms with Gasteiger partial charge in [0.2, 0.25) is 5.91 Å². The molecule has 4 fully saturated rings. The molecule has 1 aromatic heterocycles. The van der Waals surface area contributed by atoms with E-state index in [1.165, 1.54) is 0 Å². The van der Waals surface area contributed by atoms with Crippen molar-refractivity contribution in [2.24, 2.45) is 5.41 Å². The van der Waals surface area contributed by atoms with Crippen LogP contribution in [0.4, 0.5) is 10.6 Å². The Morgan fingerprint density at radius 2 is 1.81 bits per heavy atom. The SMILES string of the molecule is CC(=O)N1C[C@H]2C[C@@H]1CN2c1nn(C2CC3(C2)CN(C(=O)OC(C)(C)C)C3)c(C)c1Br. The zero-order chi connectivity index (χ0) is 22.3. The molecule has 8 nitrogen and oxygen atoms in total. The highest BCUT2D eigenvalue weighted by atomic mass is 79.9. The molecule has 4 aliphatic rings. The molecular weight excluding hydrogens is 462 g/mol. The van der Waals surface area contributed by atoms with Crippen LogP contribution in [0.2, 0.25) is 0 Å². The molecule has 0 N–H and O–H groups in total. The summed E-state index contributed by atoms with van der Waals surface area (Å²) in [6.45, 7) is 12.7. The summed E-state index contributed by atoms with van der Waals surface area (Å²) in [5.74, 6) is 1.19. The first-order chi connectivity index (χ1) is 14.5. The monoisotopic (exact) mass is 493 g/mol. The van der Waals surface area contributed by atoms with Crippen molar-refractivity contribution >= 4 is 33.7 Å². The Bertz CT molecular complexity index is 924. The number of hydrogen-bond acceptors (Lipinski definition) is 5. The van der Waals surface area contributed by atoms with Gasteiger partial charge in [0.25, 0.3) is 0 Å². The fourth-order valence-electron chi connectivity index (χ4n) is 5.92. The lowest BCUT2D eigenvalue weighted by molar-refractivity contribution is -0.129. The number of nitrogens with zero attached hydrogens (tertiary/aromatic N) is 5. The van der Waals surface area contributed by atoms with Crippen molar-refractivity contribution in [3.05, 3.63) is 10.2 Å². The number of halogens is 1. The minimum atomic E-state index is -0.451. The number of rotatable bonds is 2. The van der Waals surface area contributed by atoms with Crippen molar-refractivity contribution in [1.29, 1.82) is 0 Å². The second-order valence-electron chi connectivity index (χ2n) is 10.9. The number of carbonyl (C=O) groups excluding carboxylic acids is 2. The molecule has 2 atom stereocenters. The Kier molecular flexibility index (Phi) is 4.67. The number of likely N-dealkylation sites (tertiary alicyclic amines) is 2. The normalized spacial score (nSPS) is 27.0. The van der Waals surface area contributed by atoms with Gasteiger partial charge in [-0.2, -0.15) is 5.10 Å². The predicted octanol–water partition coefficient (Wildman–Crippen LogP) is 3.34. The van der Waals surface area contributed by atoms with Crippen molar-refractivity contribution in [2.45, 2.75) is 77.6 Å². The molecule has 1 saturated carbocycles. The van der Waals surface area contributed by atoms with Crippen LogP contribution in [-0.2, 0) is 9.53 Å². The average molecular weight is 494 g/mol. The van der Waals surface area contributed by atoms with E-state index >= 15 is 0 Å². The zero-order valence-electron chi connectivity index (χ0n) is 19.0. The minimum absolute atomic E-state index is 0.175. The second kappa shape index (κ2) is 6.86. The standard InChI is InChI=1S/C22H32BrN5O3/c1-13-18(23)19(27-10-15-6-16(27)9-26(15)14(2)29)24-28(13)17-7-22(8-17)11-25(12-22)20(30)31-21(3,4)5/h15-17H,6-12H2,1-5H3/t15-,16-/m1/s1. The molecule has 31 heavy (non-hydrogen) atoms. The van der Waals surface area contributed by atoms with E-state index in [1.807, 2.05) is 30.6 Å². The van der Waals surface area contributed by atoms with Crippen molar-refractivity contribution < 1.29 is 14.3 Å². The van der Waals surface area contributed by atoms with Gasteiger partial charge in [0.15, 0.2) is 5.82 Å². The zero-order valence-corrected chi connectivity index (χ0v) is 20.6. The van der Waals surface area contributed by atoms with Gasteiger partial charge in [0.05, 0.1) is 28.3 Å². The van der Waals surface area contributed by atoms with Crippen molar-refractivity contribution in [3.8, 4) is 0 Å². The van der Waals surface area contributed by atoms with Crippen LogP contribution in [-0.4, -0.2) is 75.4 Å². The minimum Gasteiger partial charge on any atom is -0.444 e. The number of hydrogen-bond donors (Lipinski definition) is 0. The number of fused-ring (bicyclic) bond motifs is 2. The first-order valence-corrected chi connectivity index (χ1v) is 12.0. The van der Waals surface area contributed by atoms with Crippen LogP contribution in [0.25, 0.3) is 0 Å². The number of ether oxygens (including phenoxy) is 1. The van der Waals surface area contributed by atoms with E-state index in [2.05, 4.69) is 32.4 Å². The molecule has 2 amide bonds. The Morgan fingerprint density at radius 3 is 2.35 bits per heavy atom. The Labute approximate surface area is 192 Å². The first kappa shape index (κ1) is 21.1. The van der Waals surface area contributed by atoms with Gasteiger partial charge in [0, 0.05) is 38.5 Å². The van der Waals surface area contributed by atoms with Gasteiger partial charge in [-0.15, -0.1) is 0 Å². The highest BCUT2D eigenvalue weighted by molar-refractivity contribution is 9.10. The molecular formula is C22H32BrN5O3. The summed E-state index contributed by atoms with van der Waals surface area (Å²) >= 11 is 3.79. The lowest BCUT2D eigenvalue weighted by atomic mass is 9.61. The molecule has 0 radical (unpaired) electrons. The molecule has 1 aliphatic carbocycles. The second-order valence-corrected chi connectivity index (χ2v) is 11.7. The van der Waals surface area contributed by atoms with Crippen LogP contribution < -0.4 is 4.90 Å². The number of amides is 2. The first-order valence-electron chi connectivity index (χ1n) is 11.2. The van der Waals surface area contributed by atoms with Crippen molar-refractivity contribution in [3.63, 3.8) is 0 Å². The summed E-state index contributed by atoms with van der Waals surface area (Å²) in [5, 5.41) is 5.02. The summed E-state index contributed by atoms with van der Waals surface area (Å²) in [6.07, 6.45) is 2.92. The Hall–Kier alpha value is -1.77. The Balaban J connectivity index is 1.22. The third-order valence-electron chi connectivity index (χ3n) is 7.36. The highest BCUT2D eigenvalue weighted by Gasteiger charge is 2.56. The molecule has 170 valence electrons. The predicted molar refractivity (Wildman–Crippen MR) is 120 cm³/mol. The van der Waals surface area contributed by atoms with Gasteiger partial charge in [-0.1, -0.05) is 0 Å². The summed E-state index contributed by atoms with van der Waals surface area (Å²) in [5.41, 5.74) is 0.929. The van der Waals surface area contributed by atoms with Crippen LogP contribution in [0.3, 0.4) is 0 Å². The third-order valence-corrected chi connectivity index (χ3v) is 8.29. The Morgan fingerprint density at radius 1 is 1.13 bits per heavy atom. The summed E-state index contributed by atoms with van der Waals surface area (Å²) in [4.78, 5) is 30.3. The quantitative estimate of drug-likeness (QED) is 0.631. The molecule has 3 aliphatic heterocycles. The van der Waals surface area contributed by atoms with Crippen LogP contribution in [0, 0.1) is 12.3 Å². The van der Waals surface area contributed by atoms with E-state index < -0.39 is 5.60 Å². The van der Waals surface area contributed by atoms with Gasteiger partial charge in [-0.25, -0.2) is 4.79 Å². The molecule has 0 unspecified atom stereocenters. The third kappa shape index (κ3) is 3.43. The van der Waals surface area contributed by atoms with E-state index in [1.54, 1.807) is 6.92 Å². The summed E-state index contributed by atoms with van der Waals surface area (Å²) in [7, 11) is 0. The van der Waals surface area contributed by atoms with Gasteiger partial charge >= 0.3 is 6.09 Å². The maximum absolute atomic E-state index is 12.2. The van der Waals surface area contributed by atoms with Crippen molar-refractivity contribution in [2.75, 3.05) is 31.1 Å². The van der Waals surface area contributed by atoms with Crippen LogP contribution in [0.15, 0.2) is 4.47 Å². The molecule has 4 heterocycles. The smallest absolute Gasteiger partial charge is 0.410 e. The number of carbonyl (C=O) groups is 2. The topological polar surface area (TPSA) is 70.9 Å². The van der Waals surface area contributed by atoms with Gasteiger partial charge < -0.3 is 19.4 Å². The molecule has 1 spiro atoms. The molecule has 3 saturated heterocycles. The van der Waals surface area contributed by atoms with Gasteiger partial charge in [0.1, 0.15) is 5.60 Å². The van der Waals surface area contributed by atoms with Crippen LogP contribution in [0.5, 0.6) is 0 Å². The molecule has 9 heteroatoms. The lowest BCUT2D eigenvalue weighted by Gasteiger charge is -2.58. The van der Waals surface area contributed by atoms with E-state index in [4.69, 9.17) is 9.84 Å².